The van der Waals surface area contributed by atoms with Crippen LogP contribution in [0.4, 0.5) is 4.79 Å². The molecule has 24 heavy (non-hydrogen) atoms. The second-order valence-electron chi connectivity index (χ2n) is 5.81. The van der Waals surface area contributed by atoms with Gasteiger partial charge >= 0.3 is 6.09 Å². The number of morpholine rings is 1. The molecule has 1 aromatic heterocycles. The van der Waals surface area contributed by atoms with Gasteiger partial charge in [0, 0.05) is 12.1 Å². The van der Waals surface area contributed by atoms with Gasteiger partial charge in [-0.05, 0) is 17.7 Å². The zero-order chi connectivity index (χ0) is 16.5. The first-order chi connectivity index (χ1) is 11.7. The molecule has 4 rings (SSSR count). The van der Waals surface area contributed by atoms with Crippen molar-refractivity contribution in [3.05, 3.63) is 54.1 Å². The van der Waals surface area contributed by atoms with Crippen molar-refractivity contribution in [1.82, 2.24) is 14.9 Å². The number of benzene rings is 2. The predicted molar refractivity (Wildman–Crippen MR) is 89.8 cm³/mol. The Labute approximate surface area is 138 Å². The number of hydrogen-bond acceptors (Lipinski definition) is 3. The molecular formula is C18H17N3O3. The minimum Gasteiger partial charge on any atom is -0.465 e. The van der Waals surface area contributed by atoms with E-state index in [0.717, 1.165) is 28.0 Å². The van der Waals surface area contributed by atoms with Crippen molar-refractivity contribution in [2.45, 2.75) is 6.10 Å². The fourth-order valence-electron chi connectivity index (χ4n) is 2.97. The Balaban J connectivity index is 1.57. The molecule has 2 N–H and O–H groups in total. The van der Waals surface area contributed by atoms with Crippen molar-refractivity contribution in [2.75, 3.05) is 19.7 Å². The number of aromatic amines is 1. The van der Waals surface area contributed by atoms with Crippen LogP contribution in [0.25, 0.3) is 22.4 Å². The summed E-state index contributed by atoms with van der Waals surface area (Å²) >= 11 is 0. The van der Waals surface area contributed by atoms with E-state index in [0.29, 0.717) is 19.7 Å². The van der Waals surface area contributed by atoms with Gasteiger partial charge in [0.05, 0.1) is 24.2 Å². The standard InChI is InChI=1S/C18H17N3O3/c22-18(23)21-9-10-24-16(11-21)12-5-7-13(8-6-12)17-19-14-3-1-2-4-15(14)20-17/h1-8,16H,9-11H2,(H,19,20)(H,22,23). The zero-order valence-electron chi connectivity index (χ0n) is 13.0. The van der Waals surface area contributed by atoms with Gasteiger partial charge in [-0.25, -0.2) is 9.78 Å². The zero-order valence-corrected chi connectivity index (χ0v) is 13.0. The Kier molecular flexibility index (Phi) is 3.66. The first kappa shape index (κ1) is 14.7. The molecule has 1 saturated heterocycles. The van der Waals surface area contributed by atoms with Crippen molar-refractivity contribution >= 4 is 17.1 Å². The van der Waals surface area contributed by atoms with Crippen LogP contribution in [0.3, 0.4) is 0 Å². The van der Waals surface area contributed by atoms with E-state index in [1.807, 2.05) is 48.5 Å². The SMILES string of the molecule is O=C(O)N1CCOC(c2ccc(-c3nc4ccccc4[nH]3)cc2)C1. The van der Waals surface area contributed by atoms with Crippen LogP contribution >= 0.6 is 0 Å². The molecule has 3 aromatic rings. The highest BCUT2D eigenvalue weighted by atomic mass is 16.5. The average molecular weight is 323 g/mol. The van der Waals surface area contributed by atoms with E-state index in [1.165, 1.54) is 4.90 Å². The van der Waals surface area contributed by atoms with Crippen LogP contribution in [0.5, 0.6) is 0 Å². The summed E-state index contributed by atoms with van der Waals surface area (Å²) in [6.45, 7) is 1.20. The molecule has 6 nitrogen and oxygen atoms in total. The largest absolute Gasteiger partial charge is 0.465 e. The number of imidazole rings is 1. The number of carboxylic acid groups (broad SMARTS) is 1. The summed E-state index contributed by atoms with van der Waals surface area (Å²) in [5, 5.41) is 9.12. The van der Waals surface area contributed by atoms with Gasteiger partial charge in [0.25, 0.3) is 0 Å². The van der Waals surface area contributed by atoms with E-state index in [9.17, 15) is 4.79 Å². The van der Waals surface area contributed by atoms with Gasteiger partial charge in [0.15, 0.2) is 0 Å². The number of nitrogens with one attached hydrogen (secondary N) is 1. The van der Waals surface area contributed by atoms with Crippen molar-refractivity contribution in [1.29, 1.82) is 0 Å². The molecule has 2 heterocycles. The lowest BCUT2D eigenvalue weighted by molar-refractivity contribution is -0.0231. The summed E-state index contributed by atoms with van der Waals surface area (Å²) in [4.78, 5) is 20.4. The lowest BCUT2D eigenvalue weighted by atomic mass is 10.1. The van der Waals surface area contributed by atoms with Gasteiger partial charge in [-0.15, -0.1) is 0 Å². The Morgan fingerprint density at radius 3 is 2.75 bits per heavy atom. The lowest BCUT2D eigenvalue weighted by Gasteiger charge is -2.31. The molecule has 2 aromatic carbocycles. The van der Waals surface area contributed by atoms with E-state index in [2.05, 4.69) is 9.97 Å². The molecule has 0 bridgehead atoms. The van der Waals surface area contributed by atoms with Gasteiger partial charge < -0.3 is 19.7 Å². The maximum atomic E-state index is 11.1. The van der Waals surface area contributed by atoms with Crippen LogP contribution in [-0.2, 0) is 4.74 Å². The molecule has 1 aliphatic rings. The van der Waals surface area contributed by atoms with Gasteiger partial charge in [0.2, 0.25) is 0 Å². The van der Waals surface area contributed by atoms with Crippen molar-refractivity contribution in [3.63, 3.8) is 0 Å². The average Bonchev–Trinajstić information content (AvgIpc) is 3.06. The third-order valence-corrected chi connectivity index (χ3v) is 4.28. The molecule has 0 spiro atoms. The summed E-state index contributed by atoms with van der Waals surface area (Å²) in [6, 6.07) is 15.8. The Hall–Kier alpha value is -2.86. The minimum atomic E-state index is -0.901. The van der Waals surface area contributed by atoms with Crippen LogP contribution in [0.15, 0.2) is 48.5 Å². The number of rotatable bonds is 2. The molecule has 1 unspecified atom stereocenters. The highest BCUT2D eigenvalue weighted by Crippen LogP contribution is 2.26. The summed E-state index contributed by atoms with van der Waals surface area (Å²) in [7, 11) is 0. The predicted octanol–water partition coefficient (Wildman–Crippen LogP) is 3.28. The molecule has 1 amide bonds. The monoisotopic (exact) mass is 323 g/mol. The van der Waals surface area contributed by atoms with Gasteiger partial charge in [-0.3, -0.25) is 0 Å². The van der Waals surface area contributed by atoms with E-state index in [1.54, 1.807) is 0 Å². The van der Waals surface area contributed by atoms with Crippen molar-refractivity contribution in [2.24, 2.45) is 0 Å². The van der Waals surface area contributed by atoms with Crippen molar-refractivity contribution in [3.8, 4) is 11.4 Å². The molecule has 0 saturated carbocycles. The third kappa shape index (κ3) is 2.72. The molecule has 0 aliphatic carbocycles. The smallest absolute Gasteiger partial charge is 0.407 e. The Morgan fingerprint density at radius 1 is 1.21 bits per heavy atom. The fraction of sp³-hybridized carbons (Fsp3) is 0.222. The quantitative estimate of drug-likeness (QED) is 0.758. The fourth-order valence-corrected chi connectivity index (χ4v) is 2.97. The maximum absolute atomic E-state index is 11.1. The summed E-state index contributed by atoms with van der Waals surface area (Å²) in [5.74, 6) is 0.819. The molecule has 122 valence electrons. The first-order valence-electron chi connectivity index (χ1n) is 7.85. The number of nitrogens with zero attached hydrogens (tertiary/aromatic N) is 2. The number of aromatic nitrogens is 2. The Bertz CT molecular complexity index is 840. The molecule has 1 aliphatic heterocycles. The van der Waals surface area contributed by atoms with E-state index < -0.39 is 6.09 Å². The van der Waals surface area contributed by atoms with Crippen LogP contribution in [0.1, 0.15) is 11.7 Å². The summed E-state index contributed by atoms with van der Waals surface area (Å²) < 4.78 is 5.71. The number of fused-ring (bicyclic) bond motifs is 1. The number of hydrogen-bond donors (Lipinski definition) is 2. The van der Waals surface area contributed by atoms with E-state index in [4.69, 9.17) is 9.84 Å². The normalized spacial score (nSPS) is 18.0. The maximum Gasteiger partial charge on any atom is 0.407 e. The molecule has 1 atom stereocenters. The first-order valence-corrected chi connectivity index (χ1v) is 7.85. The Morgan fingerprint density at radius 2 is 2.00 bits per heavy atom. The highest BCUT2D eigenvalue weighted by Gasteiger charge is 2.25. The number of para-hydroxylation sites is 2. The van der Waals surface area contributed by atoms with Crippen molar-refractivity contribution < 1.29 is 14.6 Å². The van der Waals surface area contributed by atoms with Gasteiger partial charge in [-0.1, -0.05) is 36.4 Å². The highest BCUT2D eigenvalue weighted by molar-refractivity contribution is 5.79. The van der Waals surface area contributed by atoms with Gasteiger partial charge in [-0.2, -0.15) is 0 Å². The van der Waals surface area contributed by atoms with Crippen LogP contribution < -0.4 is 0 Å². The van der Waals surface area contributed by atoms with E-state index in [-0.39, 0.29) is 6.10 Å². The molecular weight excluding hydrogens is 306 g/mol. The number of amides is 1. The second-order valence-corrected chi connectivity index (χ2v) is 5.81. The lowest BCUT2D eigenvalue weighted by Crippen LogP contribution is -2.41. The second kappa shape index (κ2) is 5.98. The van der Waals surface area contributed by atoms with Crippen LogP contribution in [0, 0.1) is 0 Å². The number of H-pyrrole nitrogens is 1. The van der Waals surface area contributed by atoms with Crippen LogP contribution in [0.2, 0.25) is 0 Å². The minimum absolute atomic E-state index is 0.223. The van der Waals surface area contributed by atoms with Gasteiger partial charge in [0.1, 0.15) is 11.9 Å². The molecule has 6 heteroatoms. The third-order valence-electron chi connectivity index (χ3n) is 4.28. The van der Waals surface area contributed by atoms with Crippen LogP contribution in [-0.4, -0.2) is 45.8 Å². The topological polar surface area (TPSA) is 78.4 Å². The number of carbonyl (C=O) groups is 1. The van der Waals surface area contributed by atoms with E-state index >= 15 is 0 Å². The molecule has 0 radical (unpaired) electrons. The summed E-state index contributed by atoms with van der Waals surface area (Å²) in [6.07, 6.45) is -1.12. The molecule has 1 fully saturated rings. The summed E-state index contributed by atoms with van der Waals surface area (Å²) in [5.41, 5.74) is 3.90. The number of ether oxygens (including phenoxy) is 1.